The average molecular weight is 271 g/mol. The number of hydrogen-bond acceptors (Lipinski definition) is 4. The minimum absolute atomic E-state index is 0.329. The largest absolute Gasteiger partial charge is 0.325 e. The molecule has 7 heteroatoms. The zero-order valence-electron chi connectivity index (χ0n) is 10.5. The van der Waals surface area contributed by atoms with Crippen LogP contribution >= 0.6 is 0 Å². The Hall–Kier alpha value is -1.60. The quantitative estimate of drug-likeness (QED) is 0.748. The molecule has 0 spiro atoms. The Labute approximate surface area is 107 Å². The predicted molar refractivity (Wildman–Crippen MR) is 71.9 cm³/mol. The number of benzene rings is 1. The minimum Gasteiger partial charge on any atom is -0.325 e. The van der Waals surface area contributed by atoms with Gasteiger partial charge in [0.15, 0.2) is 0 Å². The molecule has 0 saturated carbocycles. The van der Waals surface area contributed by atoms with Crippen molar-refractivity contribution in [3.63, 3.8) is 0 Å². The minimum atomic E-state index is -3.35. The second-order valence-electron chi connectivity index (χ2n) is 4.18. The van der Waals surface area contributed by atoms with E-state index in [4.69, 9.17) is 5.73 Å². The fourth-order valence-electron chi connectivity index (χ4n) is 1.27. The maximum absolute atomic E-state index is 11.4. The molecule has 0 heterocycles. The van der Waals surface area contributed by atoms with E-state index in [0.29, 0.717) is 11.4 Å². The van der Waals surface area contributed by atoms with Crippen LogP contribution in [0.4, 0.5) is 11.4 Å². The van der Waals surface area contributed by atoms with E-state index in [2.05, 4.69) is 10.0 Å². The zero-order valence-corrected chi connectivity index (χ0v) is 11.3. The number of carbonyl (C=O) groups excluding carboxylic acids is 1. The molecule has 0 bridgehead atoms. The van der Waals surface area contributed by atoms with Crippen molar-refractivity contribution in [2.45, 2.75) is 19.9 Å². The van der Waals surface area contributed by atoms with Gasteiger partial charge >= 0.3 is 0 Å². The number of anilines is 2. The lowest BCUT2D eigenvalue weighted by molar-refractivity contribution is -0.117. The molecule has 0 fully saturated rings. The van der Waals surface area contributed by atoms with E-state index < -0.39 is 16.1 Å². The van der Waals surface area contributed by atoms with Gasteiger partial charge in [-0.25, -0.2) is 8.42 Å². The number of carbonyl (C=O) groups is 1. The van der Waals surface area contributed by atoms with Crippen LogP contribution < -0.4 is 15.8 Å². The van der Waals surface area contributed by atoms with Crippen LogP contribution in [0.2, 0.25) is 0 Å². The third-order valence-corrected chi connectivity index (χ3v) is 2.80. The standard InChI is InChI=1S/C11H17N3O3S/c1-7-4-5-9(13-11(15)8(2)12)6-10(7)14-18(3,16)17/h4-6,8,14H,12H2,1-3H3,(H,13,15)/t8-/m1/s1. The first-order valence-corrected chi connectivity index (χ1v) is 7.23. The Morgan fingerprint density at radius 3 is 2.50 bits per heavy atom. The van der Waals surface area contributed by atoms with Gasteiger partial charge in [-0.2, -0.15) is 0 Å². The molecule has 18 heavy (non-hydrogen) atoms. The van der Waals surface area contributed by atoms with Crippen molar-refractivity contribution in [3.8, 4) is 0 Å². The number of aryl methyl sites for hydroxylation is 1. The highest BCUT2D eigenvalue weighted by Crippen LogP contribution is 2.21. The highest BCUT2D eigenvalue weighted by atomic mass is 32.2. The van der Waals surface area contributed by atoms with E-state index in [-0.39, 0.29) is 5.91 Å². The number of sulfonamides is 1. The Bertz CT molecular complexity index is 553. The van der Waals surface area contributed by atoms with Crippen LogP contribution in [0.25, 0.3) is 0 Å². The van der Waals surface area contributed by atoms with Crippen molar-refractivity contribution in [3.05, 3.63) is 23.8 Å². The first-order valence-electron chi connectivity index (χ1n) is 5.34. The molecule has 0 aliphatic rings. The van der Waals surface area contributed by atoms with Gasteiger partial charge in [-0.3, -0.25) is 9.52 Å². The number of hydrogen-bond donors (Lipinski definition) is 3. The summed E-state index contributed by atoms with van der Waals surface area (Å²) in [6.45, 7) is 3.34. The summed E-state index contributed by atoms with van der Waals surface area (Å²) in [6.07, 6.45) is 1.07. The third-order valence-electron chi connectivity index (χ3n) is 2.21. The van der Waals surface area contributed by atoms with Gasteiger partial charge in [0.1, 0.15) is 0 Å². The van der Waals surface area contributed by atoms with E-state index in [1.165, 1.54) is 0 Å². The van der Waals surface area contributed by atoms with Crippen molar-refractivity contribution in [1.29, 1.82) is 0 Å². The second kappa shape index (κ2) is 5.36. The monoisotopic (exact) mass is 271 g/mol. The van der Waals surface area contributed by atoms with Crippen molar-refractivity contribution in [2.75, 3.05) is 16.3 Å². The van der Waals surface area contributed by atoms with Gasteiger partial charge < -0.3 is 11.1 Å². The number of nitrogens with two attached hydrogens (primary N) is 1. The molecule has 0 aliphatic heterocycles. The van der Waals surface area contributed by atoms with Gasteiger partial charge in [-0.05, 0) is 31.5 Å². The summed E-state index contributed by atoms with van der Waals surface area (Å²) in [5.41, 5.74) is 7.12. The van der Waals surface area contributed by atoms with Crippen LogP contribution in [0.15, 0.2) is 18.2 Å². The Balaban J connectivity index is 2.97. The molecule has 0 aliphatic carbocycles. The van der Waals surface area contributed by atoms with E-state index in [1.807, 2.05) is 0 Å². The highest BCUT2D eigenvalue weighted by Gasteiger charge is 2.10. The Morgan fingerprint density at radius 1 is 1.39 bits per heavy atom. The van der Waals surface area contributed by atoms with Crippen LogP contribution in [0, 0.1) is 6.92 Å². The summed E-state index contributed by atoms with van der Waals surface area (Å²) in [5.74, 6) is -0.329. The lowest BCUT2D eigenvalue weighted by Gasteiger charge is -2.12. The topological polar surface area (TPSA) is 101 Å². The molecule has 4 N–H and O–H groups in total. The van der Waals surface area contributed by atoms with Gasteiger partial charge in [-0.15, -0.1) is 0 Å². The summed E-state index contributed by atoms with van der Waals surface area (Å²) in [5, 5.41) is 2.60. The molecule has 0 radical (unpaired) electrons. The molecular weight excluding hydrogens is 254 g/mol. The van der Waals surface area contributed by atoms with Crippen molar-refractivity contribution in [2.24, 2.45) is 5.73 Å². The molecule has 1 atom stereocenters. The van der Waals surface area contributed by atoms with E-state index in [0.717, 1.165) is 11.8 Å². The summed E-state index contributed by atoms with van der Waals surface area (Å²) in [7, 11) is -3.35. The fourth-order valence-corrected chi connectivity index (χ4v) is 1.88. The Kier molecular flexibility index (Phi) is 4.31. The smallest absolute Gasteiger partial charge is 0.240 e. The molecular formula is C11H17N3O3S. The summed E-state index contributed by atoms with van der Waals surface area (Å²) >= 11 is 0. The maximum atomic E-state index is 11.4. The van der Waals surface area contributed by atoms with E-state index >= 15 is 0 Å². The van der Waals surface area contributed by atoms with Gasteiger partial charge in [0.25, 0.3) is 0 Å². The summed E-state index contributed by atoms with van der Waals surface area (Å²) < 4.78 is 24.7. The zero-order chi connectivity index (χ0) is 13.9. The SMILES string of the molecule is Cc1ccc(NC(=O)[C@@H](C)N)cc1NS(C)(=O)=O. The number of nitrogens with one attached hydrogen (secondary N) is 2. The van der Waals surface area contributed by atoms with E-state index in [1.54, 1.807) is 32.0 Å². The molecule has 1 aromatic rings. The normalized spacial score (nSPS) is 12.9. The van der Waals surface area contributed by atoms with Gasteiger partial charge in [0.05, 0.1) is 18.0 Å². The van der Waals surface area contributed by atoms with Gasteiger partial charge in [0, 0.05) is 5.69 Å². The van der Waals surface area contributed by atoms with Crippen molar-refractivity contribution in [1.82, 2.24) is 0 Å². The Morgan fingerprint density at radius 2 is 2.00 bits per heavy atom. The lowest BCUT2D eigenvalue weighted by atomic mass is 10.2. The molecule has 0 saturated heterocycles. The van der Waals surface area contributed by atoms with Crippen LogP contribution in [-0.2, 0) is 14.8 Å². The van der Waals surface area contributed by atoms with Crippen LogP contribution in [-0.4, -0.2) is 26.6 Å². The second-order valence-corrected chi connectivity index (χ2v) is 5.93. The van der Waals surface area contributed by atoms with Gasteiger partial charge in [-0.1, -0.05) is 6.07 Å². The molecule has 1 rings (SSSR count). The predicted octanol–water partition coefficient (Wildman–Crippen LogP) is 0.652. The highest BCUT2D eigenvalue weighted by molar-refractivity contribution is 7.92. The van der Waals surface area contributed by atoms with Gasteiger partial charge in [0.2, 0.25) is 15.9 Å². The molecule has 0 unspecified atom stereocenters. The average Bonchev–Trinajstić information content (AvgIpc) is 2.20. The number of amides is 1. The third kappa shape index (κ3) is 4.34. The lowest BCUT2D eigenvalue weighted by Crippen LogP contribution is -2.32. The van der Waals surface area contributed by atoms with Crippen LogP contribution in [0.1, 0.15) is 12.5 Å². The molecule has 0 aromatic heterocycles. The maximum Gasteiger partial charge on any atom is 0.240 e. The van der Waals surface area contributed by atoms with E-state index in [9.17, 15) is 13.2 Å². The first kappa shape index (κ1) is 14.5. The number of rotatable bonds is 4. The van der Waals surface area contributed by atoms with Crippen LogP contribution in [0.5, 0.6) is 0 Å². The summed E-state index contributed by atoms with van der Waals surface area (Å²) in [4.78, 5) is 11.4. The first-order chi connectivity index (χ1) is 8.19. The molecule has 1 amide bonds. The van der Waals surface area contributed by atoms with Crippen molar-refractivity contribution >= 4 is 27.3 Å². The molecule has 100 valence electrons. The molecule has 6 nitrogen and oxygen atoms in total. The summed E-state index contributed by atoms with van der Waals surface area (Å²) in [6, 6.07) is 4.32. The van der Waals surface area contributed by atoms with Crippen LogP contribution in [0.3, 0.4) is 0 Å². The molecule has 1 aromatic carbocycles. The van der Waals surface area contributed by atoms with Crippen molar-refractivity contribution < 1.29 is 13.2 Å². The fraction of sp³-hybridized carbons (Fsp3) is 0.364.